The van der Waals surface area contributed by atoms with Crippen molar-refractivity contribution in [2.75, 3.05) is 7.11 Å². The summed E-state index contributed by atoms with van der Waals surface area (Å²) in [5.41, 5.74) is 3.00. The van der Waals surface area contributed by atoms with Gasteiger partial charge in [0.15, 0.2) is 0 Å². The molecule has 2 unspecified atom stereocenters. The molecule has 0 radical (unpaired) electrons. The molecule has 1 aliphatic carbocycles. The lowest BCUT2D eigenvalue weighted by Crippen LogP contribution is -2.48. The lowest BCUT2D eigenvalue weighted by atomic mass is 9.81. The predicted molar refractivity (Wildman–Crippen MR) is 81.8 cm³/mol. The molecule has 0 spiro atoms. The average Bonchev–Trinajstić information content (AvgIpc) is 2.47. The van der Waals surface area contributed by atoms with Crippen LogP contribution in [-0.2, 0) is 4.74 Å². The van der Waals surface area contributed by atoms with E-state index in [1.165, 1.54) is 51.4 Å². The van der Waals surface area contributed by atoms with E-state index in [0.717, 1.165) is 12.8 Å². The molecule has 0 heterocycles. The average molecular weight is 268 g/mol. The summed E-state index contributed by atoms with van der Waals surface area (Å²) in [6.45, 7) is 3.76. The Balaban J connectivity index is 2.34. The van der Waals surface area contributed by atoms with Gasteiger partial charge in [0.25, 0.3) is 0 Å². The molecule has 0 aromatic carbocycles. The van der Waals surface area contributed by atoms with Gasteiger partial charge in [0.2, 0.25) is 0 Å². The van der Waals surface area contributed by atoms with Gasteiger partial charge in [-0.25, -0.2) is 0 Å². The number of hydrogen-bond acceptors (Lipinski definition) is 3. The van der Waals surface area contributed by atoms with Gasteiger partial charge in [0, 0.05) is 13.2 Å². The van der Waals surface area contributed by atoms with E-state index in [9.17, 15) is 0 Å². The van der Waals surface area contributed by atoms with Crippen LogP contribution < -0.4 is 11.3 Å². The number of hydrogen-bond donors (Lipinski definition) is 2. The van der Waals surface area contributed by atoms with Crippen molar-refractivity contribution in [3.05, 3.63) is 12.7 Å². The standard InChI is InChI=1S/C16H32N2O/c1-3-4-5-6-10-13-15(18-17)16(19-2)14-11-8-7-9-12-14/h3,14-16,18H,1,4-13,17H2,2H3. The topological polar surface area (TPSA) is 47.3 Å². The van der Waals surface area contributed by atoms with Crippen LogP contribution >= 0.6 is 0 Å². The van der Waals surface area contributed by atoms with Crippen LogP contribution in [0.2, 0.25) is 0 Å². The van der Waals surface area contributed by atoms with E-state index in [2.05, 4.69) is 12.0 Å². The number of rotatable bonds is 10. The van der Waals surface area contributed by atoms with Crippen LogP contribution in [0.4, 0.5) is 0 Å². The summed E-state index contributed by atoms with van der Waals surface area (Å²) in [4.78, 5) is 0. The third kappa shape index (κ3) is 6.07. The first-order valence-corrected chi connectivity index (χ1v) is 7.93. The zero-order valence-corrected chi connectivity index (χ0v) is 12.6. The number of ether oxygens (including phenoxy) is 1. The monoisotopic (exact) mass is 268 g/mol. The summed E-state index contributed by atoms with van der Waals surface area (Å²) in [5, 5.41) is 0. The first-order valence-electron chi connectivity index (χ1n) is 7.93. The molecule has 0 aliphatic heterocycles. The molecule has 19 heavy (non-hydrogen) atoms. The molecule has 0 aromatic heterocycles. The second-order valence-corrected chi connectivity index (χ2v) is 5.80. The number of allylic oxidation sites excluding steroid dienone is 1. The molecule has 1 saturated carbocycles. The Bertz CT molecular complexity index is 227. The molecule has 3 N–H and O–H groups in total. The summed E-state index contributed by atoms with van der Waals surface area (Å²) in [7, 11) is 1.83. The minimum atomic E-state index is 0.282. The highest BCUT2D eigenvalue weighted by Crippen LogP contribution is 2.30. The van der Waals surface area contributed by atoms with Crippen LogP contribution in [-0.4, -0.2) is 19.3 Å². The Morgan fingerprint density at radius 3 is 2.58 bits per heavy atom. The molecular weight excluding hydrogens is 236 g/mol. The predicted octanol–water partition coefficient (Wildman–Crippen LogP) is 3.55. The van der Waals surface area contributed by atoms with Gasteiger partial charge in [-0.2, -0.15) is 0 Å². The van der Waals surface area contributed by atoms with Gasteiger partial charge in [-0.05, 0) is 38.0 Å². The molecule has 112 valence electrons. The number of methoxy groups -OCH3 is 1. The maximum atomic E-state index is 5.76. The Labute approximate surface area is 118 Å². The van der Waals surface area contributed by atoms with Crippen molar-refractivity contribution in [2.24, 2.45) is 11.8 Å². The second kappa shape index (κ2) is 10.4. The van der Waals surface area contributed by atoms with E-state index in [4.69, 9.17) is 10.6 Å². The Hall–Kier alpha value is -0.380. The van der Waals surface area contributed by atoms with E-state index < -0.39 is 0 Å². The molecule has 0 saturated heterocycles. The van der Waals surface area contributed by atoms with Gasteiger partial charge in [-0.1, -0.05) is 38.2 Å². The third-order valence-corrected chi connectivity index (χ3v) is 4.42. The van der Waals surface area contributed by atoms with E-state index in [-0.39, 0.29) is 6.10 Å². The number of nitrogens with two attached hydrogens (primary N) is 1. The van der Waals surface area contributed by atoms with E-state index in [1.54, 1.807) is 0 Å². The SMILES string of the molecule is C=CCCCCCC(NN)C(OC)C1CCCCC1. The molecule has 3 heteroatoms. The van der Waals surface area contributed by atoms with Crippen molar-refractivity contribution in [1.29, 1.82) is 0 Å². The highest BCUT2D eigenvalue weighted by Gasteiger charge is 2.29. The van der Waals surface area contributed by atoms with Crippen molar-refractivity contribution < 1.29 is 4.74 Å². The van der Waals surface area contributed by atoms with Crippen molar-refractivity contribution in [1.82, 2.24) is 5.43 Å². The number of unbranched alkanes of at least 4 members (excludes halogenated alkanes) is 3. The lowest BCUT2D eigenvalue weighted by Gasteiger charge is -2.34. The van der Waals surface area contributed by atoms with Crippen molar-refractivity contribution in [3.8, 4) is 0 Å². The normalized spacial score (nSPS) is 20.1. The van der Waals surface area contributed by atoms with Crippen LogP contribution in [0.15, 0.2) is 12.7 Å². The van der Waals surface area contributed by atoms with Crippen LogP contribution in [0, 0.1) is 5.92 Å². The Kier molecular flexibility index (Phi) is 9.14. The van der Waals surface area contributed by atoms with Crippen molar-refractivity contribution >= 4 is 0 Å². The van der Waals surface area contributed by atoms with Crippen molar-refractivity contribution in [3.63, 3.8) is 0 Å². The molecule has 0 bridgehead atoms. The maximum Gasteiger partial charge on any atom is 0.0765 e. The summed E-state index contributed by atoms with van der Waals surface area (Å²) in [6.07, 6.45) is 14.9. The van der Waals surface area contributed by atoms with Crippen molar-refractivity contribution in [2.45, 2.75) is 76.4 Å². The van der Waals surface area contributed by atoms with E-state index >= 15 is 0 Å². The zero-order valence-electron chi connectivity index (χ0n) is 12.6. The van der Waals surface area contributed by atoms with Gasteiger partial charge in [0.1, 0.15) is 0 Å². The smallest absolute Gasteiger partial charge is 0.0765 e. The van der Waals surface area contributed by atoms with Crippen LogP contribution in [0.5, 0.6) is 0 Å². The largest absolute Gasteiger partial charge is 0.379 e. The van der Waals surface area contributed by atoms with Gasteiger partial charge in [-0.15, -0.1) is 6.58 Å². The summed E-state index contributed by atoms with van der Waals surface area (Å²) >= 11 is 0. The minimum absolute atomic E-state index is 0.282. The van der Waals surface area contributed by atoms with Crippen LogP contribution in [0.3, 0.4) is 0 Å². The quantitative estimate of drug-likeness (QED) is 0.276. The van der Waals surface area contributed by atoms with Gasteiger partial charge >= 0.3 is 0 Å². The summed E-state index contributed by atoms with van der Waals surface area (Å²) in [5.74, 6) is 6.44. The fourth-order valence-electron chi connectivity index (χ4n) is 3.32. The highest BCUT2D eigenvalue weighted by molar-refractivity contribution is 4.83. The Morgan fingerprint density at radius 2 is 2.00 bits per heavy atom. The molecule has 1 aliphatic rings. The van der Waals surface area contributed by atoms with E-state index in [0.29, 0.717) is 12.0 Å². The molecular formula is C16H32N2O. The third-order valence-electron chi connectivity index (χ3n) is 4.42. The Morgan fingerprint density at radius 1 is 1.26 bits per heavy atom. The maximum absolute atomic E-state index is 5.76. The molecule has 0 amide bonds. The fourth-order valence-corrected chi connectivity index (χ4v) is 3.32. The van der Waals surface area contributed by atoms with Crippen LogP contribution in [0.25, 0.3) is 0 Å². The first-order chi connectivity index (χ1) is 9.33. The molecule has 3 nitrogen and oxygen atoms in total. The first kappa shape index (κ1) is 16.7. The molecule has 1 fully saturated rings. The van der Waals surface area contributed by atoms with Gasteiger partial charge in [-0.3, -0.25) is 11.3 Å². The summed E-state index contributed by atoms with van der Waals surface area (Å²) < 4.78 is 5.76. The number of hydrazine groups is 1. The molecule has 1 rings (SSSR count). The van der Waals surface area contributed by atoms with Crippen LogP contribution in [0.1, 0.15) is 64.2 Å². The molecule has 2 atom stereocenters. The highest BCUT2D eigenvalue weighted by atomic mass is 16.5. The van der Waals surface area contributed by atoms with Gasteiger partial charge in [0.05, 0.1) is 6.10 Å². The minimum Gasteiger partial charge on any atom is -0.379 e. The lowest BCUT2D eigenvalue weighted by molar-refractivity contribution is 0.00547. The fraction of sp³-hybridized carbons (Fsp3) is 0.875. The zero-order chi connectivity index (χ0) is 13.9. The summed E-state index contributed by atoms with van der Waals surface area (Å²) in [6, 6.07) is 0.303. The number of nitrogens with one attached hydrogen (secondary N) is 1. The van der Waals surface area contributed by atoms with Gasteiger partial charge < -0.3 is 4.74 Å². The van der Waals surface area contributed by atoms with E-state index in [1.807, 2.05) is 13.2 Å². The second-order valence-electron chi connectivity index (χ2n) is 5.80. The molecule has 0 aromatic rings.